The van der Waals surface area contributed by atoms with E-state index in [9.17, 15) is 4.79 Å². The van der Waals surface area contributed by atoms with Crippen LogP contribution < -0.4 is 20.1 Å². The summed E-state index contributed by atoms with van der Waals surface area (Å²) in [6.45, 7) is 5.38. The fourth-order valence-corrected chi connectivity index (χ4v) is 2.83. The van der Waals surface area contributed by atoms with Crippen molar-refractivity contribution >= 4 is 6.03 Å². The summed E-state index contributed by atoms with van der Waals surface area (Å²) in [4.78, 5) is 16.1. The van der Waals surface area contributed by atoms with Gasteiger partial charge in [-0.3, -0.25) is 4.98 Å². The molecule has 2 heterocycles. The normalized spacial score (nSPS) is 15.2. The topological polar surface area (TPSA) is 72.5 Å². The highest BCUT2D eigenvalue weighted by atomic mass is 16.5. The van der Waals surface area contributed by atoms with Crippen LogP contribution in [0.4, 0.5) is 4.79 Å². The van der Waals surface area contributed by atoms with Gasteiger partial charge in [-0.1, -0.05) is 6.07 Å². The van der Waals surface area contributed by atoms with E-state index in [1.165, 1.54) is 0 Å². The SMILES string of the molecule is CCOc1cc2c(cc1CNC(=O)NCc1cccnc1)O[C@@H](C)C2. The van der Waals surface area contributed by atoms with E-state index in [0.29, 0.717) is 19.7 Å². The Hall–Kier alpha value is -2.76. The summed E-state index contributed by atoms with van der Waals surface area (Å²) in [5.41, 5.74) is 3.01. The van der Waals surface area contributed by atoms with Crippen molar-refractivity contribution in [2.45, 2.75) is 39.5 Å². The molecule has 6 nitrogen and oxygen atoms in total. The van der Waals surface area contributed by atoms with E-state index in [4.69, 9.17) is 9.47 Å². The predicted octanol–water partition coefficient (Wildman–Crippen LogP) is 2.80. The molecule has 1 aromatic carbocycles. The molecule has 25 heavy (non-hydrogen) atoms. The fraction of sp³-hybridized carbons (Fsp3) is 0.368. The second-order valence-corrected chi connectivity index (χ2v) is 6.03. The standard InChI is InChI=1S/C19H23N3O3/c1-3-24-17-8-15-7-13(2)25-18(15)9-16(17)12-22-19(23)21-11-14-5-4-6-20-10-14/h4-6,8-10,13H,3,7,11-12H2,1-2H3,(H2,21,22,23)/t13-/m0/s1. The third-order valence-corrected chi connectivity index (χ3v) is 3.99. The first-order valence-electron chi connectivity index (χ1n) is 8.51. The molecule has 1 aliphatic rings. The monoisotopic (exact) mass is 341 g/mol. The third kappa shape index (κ3) is 4.41. The first-order valence-corrected chi connectivity index (χ1v) is 8.51. The Balaban J connectivity index is 1.60. The lowest BCUT2D eigenvalue weighted by atomic mass is 10.1. The molecule has 0 saturated heterocycles. The summed E-state index contributed by atoms with van der Waals surface area (Å²) in [7, 11) is 0. The first-order chi connectivity index (χ1) is 12.2. The van der Waals surface area contributed by atoms with Gasteiger partial charge in [0.1, 0.15) is 17.6 Å². The molecular formula is C19H23N3O3. The van der Waals surface area contributed by atoms with Crippen LogP contribution in [-0.2, 0) is 19.5 Å². The van der Waals surface area contributed by atoms with E-state index in [2.05, 4.69) is 15.6 Å². The van der Waals surface area contributed by atoms with Gasteiger partial charge in [0, 0.05) is 43.0 Å². The van der Waals surface area contributed by atoms with E-state index >= 15 is 0 Å². The summed E-state index contributed by atoms with van der Waals surface area (Å²) in [5.74, 6) is 1.68. The summed E-state index contributed by atoms with van der Waals surface area (Å²) in [5, 5.41) is 5.68. The Kier molecular flexibility index (Phi) is 5.38. The Morgan fingerprint density at radius 2 is 2.20 bits per heavy atom. The van der Waals surface area contributed by atoms with E-state index in [0.717, 1.165) is 34.6 Å². The van der Waals surface area contributed by atoms with E-state index < -0.39 is 0 Å². The van der Waals surface area contributed by atoms with Gasteiger partial charge in [0.2, 0.25) is 0 Å². The van der Waals surface area contributed by atoms with E-state index in [-0.39, 0.29) is 12.1 Å². The highest BCUT2D eigenvalue weighted by molar-refractivity contribution is 5.74. The molecule has 0 radical (unpaired) electrons. The Labute approximate surface area is 147 Å². The van der Waals surface area contributed by atoms with Crippen molar-refractivity contribution in [2.75, 3.05) is 6.61 Å². The smallest absolute Gasteiger partial charge is 0.315 e. The molecule has 2 N–H and O–H groups in total. The lowest BCUT2D eigenvalue weighted by Crippen LogP contribution is -2.34. The zero-order valence-electron chi connectivity index (χ0n) is 14.5. The quantitative estimate of drug-likeness (QED) is 0.847. The van der Waals surface area contributed by atoms with E-state index in [1.807, 2.05) is 38.1 Å². The molecule has 0 spiro atoms. The first kappa shape index (κ1) is 17.1. The number of hydrogen-bond donors (Lipinski definition) is 2. The summed E-state index contributed by atoms with van der Waals surface area (Å²) >= 11 is 0. The van der Waals surface area contributed by atoms with Gasteiger partial charge in [-0.2, -0.15) is 0 Å². The lowest BCUT2D eigenvalue weighted by Gasteiger charge is -2.14. The number of carbonyl (C=O) groups is 1. The molecule has 6 heteroatoms. The number of pyridine rings is 1. The highest BCUT2D eigenvalue weighted by Crippen LogP contribution is 2.35. The Morgan fingerprint density at radius 3 is 2.96 bits per heavy atom. The second kappa shape index (κ2) is 7.88. The van der Waals surface area contributed by atoms with Gasteiger partial charge in [-0.05, 0) is 37.6 Å². The van der Waals surface area contributed by atoms with Crippen molar-refractivity contribution in [3.8, 4) is 11.5 Å². The summed E-state index contributed by atoms with van der Waals surface area (Å²) in [6.07, 6.45) is 4.49. The molecule has 0 aliphatic carbocycles. The number of hydrogen-bond acceptors (Lipinski definition) is 4. The van der Waals surface area contributed by atoms with E-state index in [1.54, 1.807) is 12.4 Å². The minimum atomic E-state index is -0.235. The van der Waals surface area contributed by atoms with Crippen LogP contribution in [0.3, 0.4) is 0 Å². The summed E-state index contributed by atoms with van der Waals surface area (Å²) < 4.78 is 11.5. The molecule has 2 amide bonds. The van der Waals surface area contributed by atoms with Gasteiger partial charge in [-0.15, -0.1) is 0 Å². The van der Waals surface area contributed by atoms with Gasteiger partial charge < -0.3 is 20.1 Å². The van der Waals surface area contributed by atoms with Crippen LogP contribution in [-0.4, -0.2) is 23.7 Å². The number of ether oxygens (including phenoxy) is 2. The zero-order valence-corrected chi connectivity index (χ0v) is 14.5. The van der Waals surface area contributed by atoms with Gasteiger partial charge in [0.05, 0.1) is 6.61 Å². The second-order valence-electron chi connectivity index (χ2n) is 6.03. The molecule has 2 aromatic rings. The number of benzene rings is 1. The number of amides is 2. The number of fused-ring (bicyclic) bond motifs is 1. The molecular weight excluding hydrogens is 318 g/mol. The molecule has 132 valence electrons. The fourth-order valence-electron chi connectivity index (χ4n) is 2.83. The van der Waals surface area contributed by atoms with Crippen molar-refractivity contribution in [3.05, 3.63) is 53.3 Å². The Morgan fingerprint density at radius 1 is 1.36 bits per heavy atom. The minimum Gasteiger partial charge on any atom is -0.494 e. The minimum absolute atomic E-state index is 0.176. The lowest BCUT2D eigenvalue weighted by molar-refractivity contribution is 0.239. The maximum Gasteiger partial charge on any atom is 0.315 e. The summed E-state index contributed by atoms with van der Waals surface area (Å²) in [6, 6.07) is 7.51. The number of urea groups is 1. The zero-order chi connectivity index (χ0) is 17.6. The number of aromatic nitrogens is 1. The van der Waals surface area contributed by atoms with Gasteiger partial charge in [0.25, 0.3) is 0 Å². The van der Waals surface area contributed by atoms with Crippen LogP contribution >= 0.6 is 0 Å². The van der Waals surface area contributed by atoms with Crippen molar-refractivity contribution in [1.82, 2.24) is 15.6 Å². The van der Waals surface area contributed by atoms with Crippen LogP contribution in [0.1, 0.15) is 30.5 Å². The molecule has 3 rings (SSSR count). The Bertz CT molecular complexity index is 734. The van der Waals surface area contributed by atoms with Crippen molar-refractivity contribution in [1.29, 1.82) is 0 Å². The van der Waals surface area contributed by atoms with Crippen molar-refractivity contribution in [2.24, 2.45) is 0 Å². The van der Waals surface area contributed by atoms with Crippen LogP contribution in [0.2, 0.25) is 0 Å². The van der Waals surface area contributed by atoms with Crippen LogP contribution in [0.15, 0.2) is 36.7 Å². The van der Waals surface area contributed by atoms with Crippen LogP contribution in [0.5, 0.6) is 11.5 Å². The number of carbonyl (C=O) groups excluding carboxylic acids is 1. The number of rotatable bonds is 6. The van der Waals surface area contributed by atoms with Crippen LogP contribution in [0.25, 0.3) is 0 Å². The molecule has 1 atom stereocenters. The average Bonchev–Trinajstić information content (AvgIpc) is 2.98. The maximum absolute atomic E-state index is 12.0. The molecule has 0 bridgehead atoms. The van der Waals surface area contributed by atoms with Gasteiger partial charge >= 0.3 is 6.03 Å². The highest BCUT2D eigenvalue weighted by Gasteiger charge is 2.22. The van der Waals surface area contributed by atoms with Crippen molar-refractivity contribution < 1.29 is 14.3 Å². The average molecular weight is 341 g/mol. The molecule has 0 unspecified atom stereocenters. The molecule has 1 aliphatic heterocycles. The van der Waals surface area contributed by atoms with Crippen molar-refractivity contribution in [3.63, 3.8) is 0 Å². The number of nitrogens with one attached hydrogen (secondary N) is 2. The largest absolute Gasteiger partial charge is 0.494 e. The molecule has 1 aromatic heterocycles. The third-order valence-electron chi connectivity index (χ3n) is 3.99. The molecule has 0 saturated carbocycles. The van der Waals surface area contributed by atoms with Gasteiger partial charge in [-0.25, -0.2) is 4.79 Å². The predicted molar refractivity (Wildman–Crippen MR) is 94.7 cm³/mol. The van der Waals surface area contributed by atoms with Gasteiger partial charge in [0.15, 0.2) is 0 Å². The maximum atomic E-state index is 12.0. The number of nitrogens with zero attached hydrogens (tertiary/aromatic N) is 1. The molecule has 0 fully saturated rings. The van der Waals surface area contributed by atoms with Crippen LogP contribution in [0, 0.1) is 0 Å².